The first kappa shape index (κ1) is 10.1. The minimum Gasteiger partial charge on any atom is -0.366 e. The van der Waals surface area contributed by atoms with E-state index in [1.54, 1.807) is 0 Å². The molecule has 1 aliphatic carbocycles. The highest BCUT2D eigenvalue weighted by molar-refractivity contribution is 5.95. The zero-order valence-electron chi connectivity index (χ0n) is 9.60. The van der Waals surface area contributed by atoms with Gasteiger partial charge in [0, 0.05) is 11.5 Å². The van der Waals surface area contributed by atoms with Crippen LogP contribution in [0.2, 0.25) is 0 Å². The van der Waals surface area contributed by atoms with Crippen molar-refractivity contribution in [2.75, 3.05) is 0 Å². The summed E-state index contributed by atoms with van der Waals surface area (Å²) in [5, 5.41) is 0. The van der Waals surface area contributed by atoms with Crippen molar-refractivity contribution >= 4 is 5.91 Å². The highest BCUT2D eigenvalue weighted by Gasteiger charge is 2.25. The second-order valence-electron chi connectivity index (χ2n) is 4.48. The number of amides is 1. The van der Waals surface area contributed by atoms with E-state index in [1.165, 1.54) is 16.7 Å². The molecule has 0 bridgehead atoms. The third-order valence-corrected chi connectivity index (χ3v) is 3.52. The fourth-order valence-electron chi connectivity index (χ4n) is 2.61. The molecule has 84 valence electrons. The van der Waals surface area contributed by atoms with Crippen LogP contribution in [0.4, 0.5) is 0 Å². The van der Waals surface area contributed by atoms with Gasteiger partial charge in [-0.3, -0.25) is 4.79 Å². The van der Waals surface area contributed by atoms with Crippen LogP contribution in [0.5, 0.6) is 0 Å². The highest BCUT2D eigenvalue weighted by Crippen LogP contribution is 2.44. The van der Waals surface area contributed by atoms with Crippen LogP contribution in [0.25, 0.3) is 11.1 Å². The SMILES string of the molecule is CC1c2ccccc2-c2cc(C(N)=O)ccc21. The zero-order chi connectivity index (χ0) is 12.0. The molecular weight excluding hydrogens is 210 g/mol. The van der Waals surface area contributed by atoms with E-state index in [4.69, 9.17) is 5.73 Å². The molecule has 17 heavy (non-hydrogen) atoms. The molecule has 0 aromatic heterocycles. The van der Waals surface area contributed by atoms with Crippen LogP contribution in [0.15, 0.2) is 42.5 Å². The Morgan fingerprint density at radius 1 is 1.06 bits per heavy atom. The molecule has 0 heterocycles. The summed E-state index contributed by atoms with van der Waals surface area (Å²) in [5.41, 5.74) is 10.9. The Labute approximate surface area is 100 Å². The van der Waals surface area contributed by atoms with E-state index in [1.807, 2.05) is 24.3 Å². The third kappa shape index (κ3) is 1.37. The van der Waals surface area contributed by atoms with E-state index in [2.05, 4.69) is 25.1 Å². The molecule has 1 amide bonds. The average molecular weight is 223 g/mol. The molecule has 0 aliphatic heterocycles. The van der Waals surface area contributed by atoms with E-state index < -0.39 is 0 Å². The molecule has 2 nitrogen and oxygen atoms in total. The van der Waals surface area contributed by atoms with Gasteiger partial charge >= 0.3 is 0 Å². The quantitative estimate of drug-likeness (QED) is 0.793. The Morgan fingerprint density at radius 2 is 1.76 bits per heavy atom. The second kappa shape index (κ2) is 3.45. The normalized spacial score (nSPS) is 16.4. The average Bonchev–Trinajstić information content (AvgIpc) is 2.64. The third-order valence-electron chi connectivity index (χ3n) is 3.52. The van der Waals surface area contributed by atoms with E-state index in [0.717, 1.165) is 5.56 Å². The van der Waals surface area contributed by atoms with Crippen LogP contribution in [0, 0.1) is 0 Å². The number of carbonyl (C=O) groups excluding carboxylic acids is 1. The van der Waals surface area contributed by atoms with Crippen molar-refractivity contribution in [2.24, 2.45) is 5.73 Å². The molecule has 0 fully saturated rings. The molecule has 2 heteroatoms. The first-order valence-corrected chi connectivity index (χ1v) is 5.71. The number of nitrogens with two attached hydrogens (primary N) is 1. The van der Waals surface area contributed by atoms with Crippen LogP contribution in [0.3, 0.4) is 0 Å². The van der Waals surface area contributed by atoms with Gasteiger partial charge < -0.3 is 5.73 Å². The van der Waals surface area contributed by atoms with Crippen LogP contribution < -0.4 is 5.73 Å². The fourth-order valence-corrected chi connectivity index (χ4v) is 2.61. The van der Waals surface area contributed by atoms with Gasteiger partial charge in [0.15, 0.2) is 0 Å². The molecule has 0 spiro atoms. The second-order valence-corrected chi connectivity index (χ2v) is 4.48. The van der Waals surface area contributed by atoms with Gasteiger partial charge in [-0.15, -0.1) is 0 Å². The lowest BCUT2D eigenvalue weighted by atomic mass is 9.98. The van der Waals surface area contributed by atoms with Crippen molar-refractivity contribution in [1.82, 2.24) is 0 Å². The van der Waals surface area contributed by atoms with Crippen molar-refractivity contribution in [3.63, 3.8) is 0 Å². The molecule has 3 rings (SSSR count). The number of primary amides is 1. The molecular formula is C15H13NO. The highest BCUT2D eigenvalue weighted by atomic mass is 16.1. The summed E-state index contributed by atoms with van der Waals surface area (Å²) in [4.78, 5) is 11.2. The van der Waals surface area contributed by atoms with Gasteiger partial charge in [-0.05, 0) is 34.4 Å². The maximum absolute atomic E-state index is 11.2. The zero-order valence-corrected chi connectivity index (χ0v) is 9.60. The summed E-state index contributed by atoms with van der Waals surface area (Å²) in [6, 6.07) is 14.0. The summed E-state index contributed by atoms with van der Waals surface area (Å²) in [5.74, 6) is 0.0213. The maximum atomic E-state index is 11.2. The smallest absolute Gasteiger partial charge is 0.248 e. The molecule has 0 radical (unpaired) electrons. The van der Waals surface area contributed by atoms with Gasteiger partial charge in [-0.25, -0.2) is 0 Å². The molecule has 2 aromatic carbocycles. The predicted octanol–water partition coefficient (Wildman–Crippen LogP) is 2.92. The standard InChI is InChI=1S/C15H13NO/c1-9-11-4-2-3-5-13(11)14-8-10(15(16)17)6-7-12(9)14/h2-9H,1H3,(H2,16,17). The summed E-state index contributed by atoms with van der Waals surface area (Å²) >= 11 is 0. The summed E-state index contributed by atoms with van der Waals surface area (Å²) in [7, 11) is 0. The number of fused-ring (bicyclic) bond motifs is 3. The van der Waals surface area contributed by atoms with Crippen molar-refractivity contribution < 1.29 is 4.79 Å². The summed E-state index contributed by atoms with van der Waals surface area (Å²) in [6.45, 7) is 2.19. The van der Waals surface area contributed by atoms with Gasteiger partial charge in [0.1, 0.15) is 0 Å². The number of rotatable bonds is 1. The molecule has 2 aromatic rings. The van der Waals surface area contributed by atoms with Gasteiger partial charge in [0.25, 0.3) is 0 Å². The first-order chi connectivity index (χ1) is 8.18. The lowest BCUT2D eigenvalue weighted by molar-refractivity contribution is 0.100. The molecule has 0 saturated heterocycles. The number of hydrogen-bond donors (Lipinski definition) is 1. The Hall–Kier alpha value is -2.09. The minimum atomic E-state index is -0.371. The Kier molecular flexibility index (Phi) is 2.05. The van der Waals surface area contributed by atoms with Gasteiger partial charge in [-0.1, -0.05) is 37.3 Å². The minimum absolute atomic E-state index is 0.371. The van der Waals surface area contributed by atoms with Crippen LogP contribution in [0.1, 0.15) is 34.3 Å². The van der Waals surface area contributed by atoms with E-state index >= 15 is 0 Å². The Bertz CT molecular complexity index is 616. The van der Waals surface area contributed by atoms with E-state index in [9.17, 15) is 4.79 Å². The van der Waals surface area contributed by atoms with Gasteiger partial charge in [0.2, 0.25) is 5.91 Å². The maximum Gasteiger partial charge on any atom is 0.248 e. The van der Waals surface area contributed by atoms with E-state index in [0.29, 0.717) is 11.5 Å². The summed E-state index contributed by atoms with van der Waals surface area (Å²) < 4.78 is 0. The topological polar surface area (TPSA) is 43.1 Å². The monoisotopic (exact) mass is 223 g/mol. The Balaban J connectivity index is 2.27. The largest absolute Gasteiger partial charge is 0.366 e. The predicted molar refractivity (Wildman–Crippen MR) is 67.9 cm³/mol. The molecule has 2 N–H and O–H groups in total. The van der Waals surface area contributed by atoms with Gasteiger partial charge in [0.05, 0.1) is 0 Å². The lowest BCUT2D eigenvalue weighted by Crippen LogP contribution is -2.10. The molecule has 1 unspecified atom stereocenters. The van der Waals surface area contributed by atoms with Crippen molar-refractivity contribution in [3.05, 3.63) is 59.2 Å². The first-order valence-electron chi connectivity index (χ1n) is 5.71. The molecule has 0 saturated carbocycles. The molecule has 1 atom stereocenters. The fraction of sp³-hybridized carbons (Fsp3) is 0.133. The summed E-state index contributed by atoms with van der Waals surface area (Å²) in [6.07, 6.45) is 0. The van der Waals surface area contributed by atoms with Crippen molar-refractivity contribution in [1.29, 1.82) is 0 Å². The molecule has 1 aliphatic rings. The van der Waals surface area contributed by atoms with Crippen molar-refractivity contribution in [3.8, 4) is 11.1 Å². The number of hydrogen-bond acceptors (Lipinski definition) is 1. The van der Waals surface area contributed by atoms with Crippen molar-refractivity contribution in [2.45, 2.75) is 12.8 Å². The number of benzene rings is 2. The van der Waals surface area contributed by atoms with E-state index in [-0.39, 0.29) is 5.91 Å². The van der Waals surface area contributed by atoms with Crippen LogP contribution >= 0.6 is 0 Å². The Morgan fingerprint density at radius 3 is 2.53 bits per heavy atom. The number of carbonyl (C=O) groups is 1. The van der Waals surface area contributed by atoms with Crippen LogP contribution in [-0.2, 0) is 0 Å². The van der Waals surface area contributed by atoms with Crippen LogP contribution in [-0.4, -0.2) is 5.91 Å². The van der Waals surface area contributed by atoms with Gasteiger partial charge in [-0.2, -0.15) is 0 Å². The lowest BCUT2D eigenvalue weighted by Gasteiger charge is -2.06.